The first-order valence-corrected chi connectivity index (χ1v) is 8.65. The quantitative estimate of drug-likeness (QED) is 0.638. The van der Waals surface area contributed by atoms with Crippen molar-refractivity contribution in [2.45, 2.75) is 82.9 Å². The Morgan fingerprint density at radius 1 is 1.17 bits per heavy atom. The predicted octanol–water partition coefficient (Wildman–Crippen LogP) is 3.42. The van der Waals surface area contributed by atoms with Gasteiger partial charge in [-0.25, -0.2) is 0 Å². The number of aliphatic hydroxyl groups excluding tert-OH is 1. The minimum absolute atomic E-state index is 0.00514. The highest BCUT2D eigenvalue weighted by atomic mass is 16.7. The Bertz CT molecular complexity index is 508. The minimum Gasteiger partial charge on any atom is -0.377 e. The first-order valence-electron chi connectivity index (χ1n) is 8.65. The average Bonchev–Trinajstić information content (AvgIpc) is 2.81. The van der Waals surface area contributed by atoms with E-state index in [0.29, 0.717) is 6.42 Å². The summed E-state index contributed by atoms with van der Waals surface area (Å²) in [6.07, 6.45) is 9.04. The van der Waals surface area contributed by atoms with Crippen molar-refractivity contribution >= 4 is 0 Å². The molecule has 0 aromatic rings. The van der Waals surface area contributed by atoms with E-state index in [9.17, 15) is 5.11 Å². The highest BCUT2D eigenvalue weighted by molar-refractivity contribution is 5.28. The van der Waals surface area contributed by atoms with Gasteiger partial charge in [-0.15, -0.1) is 0 Å². The van der Waals surface area contributed by atoms with Crippen molar-refractivity contribution in [3.05, 3.63) is 12.7 Å². The van der Waals surface area contributed by atoms with Gasteiger partial charge in [0.2, 0.25) is 0 Å². The first-order chi connectivity index (χ1) is 11.0. The molecule has 23 heavy (non-hydrogen) atoms. The molecule has 3 nitrogen and oxygen atoms in total. The molecule has 2 aliphatic rings. The van der Waals surface area contributed by atoms with Gasteiger partial charge in [-0.1, -0.05) is 56.6 Å². The molecule has 2 rings (SSSR count). The van der Waals surface area contributed by atoms with Crippen molar-refractivity contribution < 1.29 is 14.6 Å². The van der Waals surface area contributed by atoms with Crippen molar-refractivity contribution in [1.29, 1.82) is 0 Å². The summed E-state index contributed by atoms with van der Waals surface area (Å²) in [6.45, 7) is 7.40. The largest absolute Gasteiger partial charge is 0.377 e. The summed E-state index contributed by atoms with van der Waals surface area (Å²) in [5, 5.41) is 9.26. The van der Waals surface area contributed by atoms with E-state index in [1.165, 1.54) is 38.2 Å². The molecule has 0 amide bonds. The second-order valence-electron chi connectivity index (χ2n) is 6.91. The van der Waals surface area contributed by atoms with Gasteiger partial charge in [0.25, 0.3) is 0 Å². The monoisotopic (exact) mass is 316 g/mol. The van der Waals surface area contributed by atoms with Crippen LogP contribution in [0.2, 0.25) is 0 Å². The van der Waals surface area contributed by atoms with Crippen molar-refractivity contribution in [3.63, 3.8) is 0 Å². The highest BCUT2D eigenvalue weighted by Gasteiger charge is 2.41. The molecule has 1 N–H and O–H groups in total. The second kappa shape index (κ2) is 8.55. The fourth-order valence-electron chi connectivity index (χ4n) is 3.40. The zero-order chi connectivity index (χ0) is 16.7. The molecule has 1 heterocycles. The number of ether oxygens (including phenoxy) is 2. The third-order valence-electron chi connectivity index (χ3n) is 4.47. The summed E-state index contributed by atoms with van der Waals surface area (Å²) in [5.41, 5.74) is 0. The first kappa shape index (κ1) is 18.1. The van der Waals surface area contributed by atoms with E-state index in [4.69, 9.17) is 9.47 Å². The lowest BCUT2D eigenvalue weighted by Crippen LogP contribution is -2.26. The van der Waals surface area contributed by atoms with Crippen molar-refractivity contribution in [2.24, 2.45) is 5.92 Å². The Morgan fingerprint density at radius 2 is 1.87 bits per heavy atom. The van der Waals surface area contributed by atoms with Crippen molar-refractivity contribution in [3.8, 4) is 23.7 Å². The lowest BCUT2D eigenvalue weighted by Gasteiger charge is -2.25. The molecule has 0 bridgehead atoms. The summed E-state index contributed by atoms with van der Waals surface area (Å²) >= 11 is 0. The van der Waals surface area contributed by atoms with Gasteiger partial charge < -0.3 is 14.6 Å². The zero-order valence-corrected chi connectivity index (χ0v) is 14.3. The molecule has 0 radical (unpaired) electrons. The van der Waals surface area contributed by atoms with E-state index >= 15 is 0 Å². The summed E-state index contributed by atoms with van der Waals surface area (Å²) < 4.78 is 12.1. The lowest BCUT2D eigenvalue weighted by atomic mass is 9.84. The summed E-state index contributed by atoms with van der Waals surface area (Å²) in [4.78, 5) is 0. The topological polar surface area (TPSA) is 38.7 Å². The molecule has 0 aromatic carbocycles. The van der Waals surface area contributed by atoms with Gasteiger partial charge in [0.05, 0.1) is 12.2 Å². The maximum atomic E-state index is 9.26. The summed E-state index contributed by atoms with van der Waals surface area (Å²) in [6, 6.07) is 0. The third kappa shape index (κ3) is 6.04. The second-order valence-corrected chi connectivity index (χ2v) is 6.91. The van der Waals surface area contributed by atoms with Crippen LogP contribution >= 0.6 is 0 Å². The van der Waals surface area contributed by atoms with Crippen molar-refractivity contribution in [1.82, 2.24) is 0 Å². The molecule has 0 spiro atoms. The zero-order valence-electron chi connectivity index (χ0n) is 14.3. The Hall–Kier alpha value is -1.26. The smallest absolute Gasteiger partial charge is 0.163 e. The van der Waals surface area contributed by atoms with Crippen LogP contribution in [0.25, 0.3) is 0 Å². The van der Waals surface area contributed by atoms with Crippen LogP contribution < -0.4 is 0 Å². The molecule has 1 aliphatic carbocycles. The van der Waals surface area contributed by atoms with E-state index in [1.807, 2.05) is 13.8 Å². The average molecular weight is 316 g/mol. The van der Waals surface area contributed by atoms with Crippen LogP contribution in [0.5, 0.6) is 0 Å². The lowest BCUT2D eigenvalue weighted by molar-refractivity contribution is -0.147. The summed E-state index contributed by atoms with van der Waals surface area (Å²) in [5.74, 6) is 11.3. The van der Waals surface area contributed by atoms with Gasteiger partial charge >= 0.3 is 0 Å². The molecule has 1 saturated carbocycles. The normalized spacial score (nSPS) is 28.1. The van der Waals surface area contributed by atoms with Gasteiger partial charge in [0, 0.05) is 6.42 Å². The number of hydrogen-bond donors (Lipinski definition) is 1. The fraction of sp³-hybridized carbons (Fsp3) is 0.700. The molecule has 3 heteroatoms. The Labute approximate surface area is 140 Å². The third-order valence-corrected chi connectivity index (χ3v) is 4.47. The Morgan fingerprint density at radius 3 is 2.57 bits per heavy atom. The molecule has 126 valence electrons. The molecule has 1 aliphatic heterocycles. The van der Waals surface area contributed by atoms with E-state index < -0.39 is 11.9 Å². The predicted molar refractivity (Wildman–Crippen MR) is 91.4 cm³/mol. The molecule has 2 fully saturated rings. The molecule has 1 saturated heterocycles. The van der Waals surface area contributed by atoms with Gasteiger partial charge in [-0.05, 0) is 38.0 Å². The Balaban J connectivity index is 1.90. The van der Waals surface area contributed by atoms with Gasteiger partial charge in [0.15, 0.2) is 5.79 Å². The molecular formula is C20H28O3. The van der Waals surface area contributed by atoms with Crippen LogP contribution in [0.1, 0.15) is 58.8 Å². The van der Waals surface area contributed by atoms with E-state index in [0.717, 1.165) is 12.3 Å². The molecule has 0 aromatic heterocycles. The van der Waals surface area contributed by atoms with Crippen LogP contribution in [0, 0.1) is 29.6 Å². The van der Waals surface area contributed by atoms with Crippen LogP contribution in [0.3, 0.4) is 0 Å². The van der Waals surface area contributed by atoms with E-state index in [2.05, 4.69) is 30.3 Å². The van der Waals surface area contributed by atoms with Gasteiger partial charge in [0.1, 0.15) is 6.10 Å². The Kier molecular flexibility index (Phi) is 6.72. The van der Waals surface area contributed by atoms with Gasteiger partial charge in [-0.3, -0.25) is 0 Å². The molecule has 0 unspecified atom stereocenters. The number of rotatable bonds is 4. The highest BCUT2D eigenvalue weighted by Crippen LogP contribution is 2.36. The fourth-order valence-corrected chi connectivity index (χ4v) is 3.40. The minimum atomic E-state index is -0.812. The van der Waals surface area contributed by atoms with Crippen molar-refractivity contribution in [2.75, 3.05) is 0 Å². The van der Waals surface area contributed by atoms with E-state index in [1.54, 1.807) is 0 Å². The maximum Gasteiger partial charge on any atom is 0.163 e. The number of hydrogen-bond acceptors (Lipinski definition) is 3. The van der Waals surface area contributed by atoms with Crippen LogP contribution in [-0.4, -0.2) is 29.2 Å². The van der Waals surface area contributed by atoms with E-state index in [-0.39, 0.29) is 12.2 Å². The summed E-state index contributed by atoms with van der Waals surface area (Å²) in [7, 11) is 0. The molecular weight excluding hydrogens is 288 g/mol. The SMILES string of the molecule is C=C[C@@H](O)C#CC#CC[C@@H]1OC(C)(C)O[C@H]1CC1CCCCC1. The van der Waals surface area contributed by atoms with Gasteiger partial charge in [-0.2, -0.15) is 0 Å². The van der Waals surface area contributed by atoms with Crippen LogP contribution in [-0.2, 0) is 9.47 Å². The maximum absolute atomic E-state index is 9.26. The number of aliphatic hydroxyl groups is 1. The van der Waals surface area contributed by atoms with Crippen LogP contribution in [0.15, 0.2) is 12.7 Å². The van der Waals surface area contributed by atoms with Crippen LogP contribution in [0.4, 0.5) is 0 Å². The standard InChI is InChI=1S/C20H28O3/c1-4-17(21)13-9-6-10-14-18-19(23-20(2,3)22-18)15-16-11-7-5-8-12-16/h4,16-19,21H,1,5,7-8,11-12,14-15H2,2-3H3/t17-,18+,19+/m1/s1. The molecule has 3 atom stereocenters.